The van der Waals surface area contributed by atoms with Gasteiger partial charge in [-0.3, -0.25) is 4.90 Å². The predicted molar refractivity (Wildman–Crippen MR) is 64.5 cm³/mol. The zero-order valence-corrected chi connectivity index (χ0v) is 9.65. The van der Waals surface area contributed by atoms with Gasteiger partial charge in [-0.2, -0.15) is 0 Å². The summed E-state index contributed by atoms with van der Waals surface area (Å²) in [5.41, 5.74) is 0. The van der Waals surface area contributed by atoms with Gasteiger partial charge >= 0.3 is 0 Å². The molecule has 0 radical (unpaired) electrons. The second kappa shape index (κ2) is 4.86. The fourth-order valence-corrected chi connectivity index (χ4v) is 3.24. The molecular formula is C14H21N. The van der Waals surface area contributed by atoms with E-state index in [0.29, 0.717) is 0 Å². The highest BCUT2D eigenvalue weighted by Crippen LogP contribution is 2.35. The van der Waals surface area contributed by atoms with Gasteiger partial charge in [-0.1, -0.05) is 18.9 Å². The molecule has 0 bridgehead atoms. The summed E-state index contributed by atoms with van der Waals surface area (Å²) in [5.74, 6) is 3.48. The first kappa shape index (κ1) is 10.8. The highest BCUT2D eigenvalue weighted by molar-refractivity contribution is 5.09. The van der Waals surface area contributed by atoms with Crippen molar-refractivity contribution in [1.82, 2.24) is 4.90 Å². The Labute approximate surface area is 93.5 Å². The number of nitrogens with zero attached hydrogens (tertiary/aromatic N) is 1. The average Bonchev–Trinajstić information content (AvgIpc) is 2.71. The molecule has 0 spiro atoms. The molecule has 0 N–H and O–H groups in total. The Kier molecular flexibility index (Phi) is 3.49. The first-order chi connectivity index (χ1) is 7.33. The quantitative estimate of drug-likeness (QED) is 0.624. The first-order valence-electron chi connectivity index (χ1n) is 6.20. The summed E-state index contributed by atoms with van der Waals surface area (Å²) in [6.07, 6.45) is 15.9. The molecular weight excluding hydrogens is 182 g/mol. The molecule has 0 aromatic carbocycles. The van der Waals surface area contributed by atoms with E-state index in [1.165, 1.54) is 32.2 Å². The second-order valence-electron chi connectivity index (χ2n) is 4.96. The Morgan fingerprint density at radius 1 is 1.40 bits per heavy atom. The van der Waals surface area contributed by atoms with Crippen LogP contribution in [0.2, 0.25) is 0 Å². The van der Waals surface area contributed by atoms with Gasteiger partial charge in [0.05, 0.1) is 0 Å². The number of hydrogen-bond acceptors (Lipinski definition) is 1. The number of rotatable bonds is 2. The van der Waals surface area contributed by atoms with Gasteiger partial charge in [0.2, 0.25) is 0 Å². The van der Waals surface area contributed by atoms with Crippen molar-refractivity contribution in [2.24, 2.45) is 5.92 Å². The van der Waals surface area contributed by atoms with E-state index >= 15 is 0 Å². The van der Waals surface area contributed by atoms with E-state index in [0.717, 1.165) is 24.4 Å². The number of piperidine rings is 1. The van der Waals surface area contributed by atoms with Gasteiger partial charge in [0.15, 0.2) is 0 Å². The van der Waals surface area contributed by atoms with Gasteiger partial charge in [0.1, 0.15) is 0 Å². The maximum atomic E-state index is 5.22. The summed E-state index contributed by atoms with van der Waals surface area (Å²) < 4.78 is 0. The number of allylic oxidation sites excluding steroid dienone is 1. The van der Waals surface area contributed by atoms with Gasteiger partial charge in [-0.25, -0.2) is 0 Å². The smallest absolute Gasteiger partial charge is 0.0133 e. The van der Waals surface area contributed by atoms with Crippen molar-refractivity contribution < 1.29 is 0 Å². The summed E-state index contributed by atoms with van der Waals surface area (Å²) in [4.78, 5) is 2.73. The van der Waals surface area contributed by atoms with Gasteiger partial charge in [0, 0.05) is 12.1 Å². The van der Waals surface area contributed by atoms with E-state index < -0.39 is 0 Å². The molecule has 3 unspecified atom stereocenters. The molecule has 0 aromatic rings. The lowest BCUT2D eigenvalue weighted by atomic mass is 9.86. The van der Waals surface area contributed by atoms with Crippen molar-refractivity contribution in [3.63, 3.8) is 0 Å². The van der Waals surface area contributed by atoms with Crippen LogP contribution in [-0.4, -0.2) is 23.5 Å². The molecule has 82 valence electrons. The summed E-state index contributed by atoms with van der Waals surface area (Å²) in [6, 6.07) is 1.63. The lowest BCUT2D eigenvalue weighted by molar-refractivity contribution is 0.0832. The molecule has 0 aliphatic carbocycles. The molecule has 1 heteroatoms. The minimum Gasteiger partial charge on any atom is -0.297 e. The molecule has 1 nitrogen and oxygen atoms in total. The third-order valence-electron chi connectivity index (χ3n) is 4.05. The molecule has 3 atom stereocenters. The normalized spacial score (nSPS) is 36.7. The molecule has 0 saturated carbocycles. The second-order valence-corrected chi connectivity index (χ2v) is 4.96. The Morgan fingerprint density at radius 3 is 3.07 bits per heavy atom. The SMILES string of the molecule is C#CC=CCC1CCC(C)C2CCCN12. The summed E-state index contributed by atoms with van der Waals surface area (Å²) in [5, 5.41) is 0. The highest BCUT2D eigenvalue weighted by atomic mass is 15.2. The lowest BCUT2D eigenvalue weighted by Crippen LogP contribution is -2.46. The van der Waals surface area contributed by atoms with Gasteiger partial charge in [-0.05, 0) is 50.6 Å². The van der Waals surface area contributed by atoms with E-state index in [4.69, 9.17) is 6.42 Å². The number of terminal acetylenes is 1. The van der Waals surface area contributed by atoms with Crippen LogP contribution in [0.25, 0.3) is 0 Å². The molecule has 0 amide bonds. The molecule has 2 fully saturated rings. The van der Waals surface area contributed by atoms with E-state index in [9.17, 15) is 0 Å². The minimum atomic E-state index is 0.762. The highest BCUT2D eigenvalue weighted by Gasteiger charge is 2.37. The molecule has 2 heterocycles. The standard InChI is InChI=1S/C14H21N/c1-3-4-5-7-13-10-9-12(2)14-8-6-11-15(13)14/h1,4-5,12-14H,6-11H2,2H3. The van der Waals surface area contributed by atoms with Crippen molar-refractivity contribution in [3.05, 3.63) is 12.2 Å². The zero-order chi connectivity index (χ0) is 10.7. The van der Waals surface area contributed by atoms with Crippen LogP contribution in [0.3, 0.4) is 0 Å². The summed E-state index contributed by atoms with van der Waals surface area (Å²) in [6.45, 7) is 3.72. The maximum Gasteiger partial charge on any atom is 0.0133 e. The predicted octanol–water partition coefficient (Wildman–Crippen LogP) is 2.83. The van der Waals surface area contributed by atoms with Crippen LogP contribution >= 0.6 is 0 Å². The fraction of sp³-hybridized carbons (Fsp3) is 0.714. The Bertz CT molecular complexity index is 274. The van der Waals surface area contributed by atoms with Crippen LogP contribution in [0.1, 0.15) is 39.0 Å². The van der Waals surface area contributed by atoms with Crippen LogP contribution in [-0.2, 0) is 0 Å². The Morgan fingerprint density at radius 2 is 2.27 bits per heavy atom. The molecule has 2 aliphatic heterocycles. The molecule has 0 aromatic heterocycles. The van der Waals surface area contributed by atoms with Crippen LogP contribution in [0, 0.1) is 18.3 Å². The van der Waals surface area contributed by atoms with Gasteiger partial charge in [-0.15, -0.1) is 6.42 Å². The topological polar surface area (TPSA) is 3.24 Å². The maximum absolute atomic E-state index is 5.22. The van der Waals surface area contributed by atoms with Crippen molar-refractivity contribution in [3.8, 4) is 12.3 Å². The largest absolute Gasteiger partial charge is 0.297 e. The van der Waals surface area contributed by atoms with E-state index in [2.05, 4.69) is 23.8 Å². The van der Waals surface area contributed by atoms with E-state index in [-0.39, 0.29) is 0 Å². The van der Waals surface area contributed by atoms with Crippen LogP contribution < -0.4 is 0 Å². The van der Waals surface area contributed by atoms with Crippen molar-refractivity contribution in [2.45, 2.75) is 51.1 Å². The summed E-state index contributed by atoms with van der Waals surface area (Å²) in [7, 11) is 0. The van der Waals surface area contributed by atoms with Crippen molar-refractivity contribution >= 4 is 0 Å². The third-order valence-corrected chi connectivity index (χ3v) is 4.05. The van der Waals surface area contributed by atoms with Crippen molar-refractivity contribution in [1.29, 1.82) is 0 Å². The molecule has 15 heavy (non-hydrogen) atoms. The lowest BCUT2D eigenvalue weighted by Gasteiger charge is -2.41. The molecule has 2 aliphatic rings. The summed E-state index contributed by atoms with van der Waals surface area (Å²) >= 11 is 0. The van der Waals surface area contributed by atoms with Gasteiger partial charge < -0.3 is 0 Å². The van der Waals surface area contributed by atoms with Gasteiger partial charge in [0.25, 0.3) is 0 Å². The first-order valence-corrected chi connectivity index (χ1v) is 6.20. The van der Waals surface area contributed by atoms with Crippen molar-refractivity contribution in [2.75, 3.05) is 6.54 Å². The Hall–Kier alpha value is -0.740. The average molecular weight is 203 g/mol. The van der Waals surface area contributed by atoms with E-state index in [1.54, 1.807) is 0 Å². The molecule has 2 saturated heterocycles. The van der Waals surface area contributed by atoms with Crippen LogP contribution in [0.5, 0.6) is 0 Å². The molecule has 2 rings (SSSR count). The van der Waals surface area contributed by atoms with Crippen LogP contribution in [0.15, 0.2) is 12.2 Å². The Balaban J connectivity index is 1.95. The van der Waals surface area contributed by atoms with Crippen LogP contribution in [0.4, 0.5) is 0 Å². The number of hydrogen-bond donors (Lipinski definition) is 0. The fourth-order valence-electron chi connectivity index (χ4n) is 3.24. The third kappa shape index (κ3) is 2.26. The zero-order valence-electron chi connectivity index (χ0n) is 9.65. The van der Waals surface area contributed by atoms with E-state index in [1.807, 2.05) is 6.08 Å². The number of fused-ring (bicyclic) bond motifs is 1. The monoisotopic (exact) mass is 203 g/mol. The minimum absolute atomic E-state index is 0.762.